The highest BCUT2D eigenvalue weighted by Gasteiger charge is 2.17. The molecule has 17 heavy (non-hydrogen) atoms. The molecule has 0 aliphatic heterocycles. The molecule has 1 aromatic heterocycles. The van der Waals surface area contributed by atoms with Crippen LogP contribution in [-0.2, 0) is 11.8 Å². The molecule has 0 unspecified atom stereocenters. The number of benzene rings is 1. The fourth-order valence-electron chi connectivity index (χ4n) is 1.68. The number of carbonyl (C=O) groups excluding carboxylic acids is 1. The van der Waals surface area contributed by atoms with Crippen LogP contribution in [0.1, 0.15) is 16.1 Å². The second-order valence-electron chi connectivity index (χ2n) is 3.92. The van der Waals surface area contributed by atoms with E-state index in [0.717, 1.165) is 11.1 Å². The smallest absolute Gasteiger partial charge is 0.359 e. The van der Waals surface area contributed by atoms with Crippen molar-refractivity contribution in [3.05, 3.63) is 41.7 Å². The zero-order chi connectivity index (χ0) is 12.4. The second kappa shape index (κ2) is 4.41. The number of carbonyl (C=O) groups is 1. The first-order chi connectivity index (χ1) is 8.11. The number of aromatic nitrogens is 2. The number of methoxy groups -OCH3 is 1. The normalized spacial score (nSPS) is 10.3. The number of hydrogen-bond acceptors (Lipinski definition) is 3. The third-order valence-corrected chi connectivity index (χ3v) is 2.57. The Bertz CT molecular complexity index is 541. The van der Waals surface area contributed by atoms with E-state index in [1.54, 1.807) is 11.7 Å². The van der Waals surface area contributed by atoms with E-state index in [-0.39, 0.29) is 0 Å². The maximum Gasteiger partial charge on any atom is 0.359 e. The van der Waals surface area contributed by atoms with E-state index in [9.17, 15) is 4.79 Å². The molecular weight excluding hydrogens is 216 g/mol. The number of ether oxygens (including phenoxy) is 1. The van der Waals surface area contributed by atoms with Gasteiger partial charge in [-0.2, -0.15) is 5.10 Å². The van der Waals surface area contributed by atoms with Crippen LogP contribution in [0.3, 0.4) is 0 Å². The predicted molar refractivity (Wildman–Crippen MR) is 64.7 cm³/mol. The quantitative estimate of drug-likeness (QED) is 0.743. The zero-order valence-electron chi connectivity index (χ0n) is 10.1. The van der Waals surface area contributed by atoms with Crippen molar-refractivity contribution in [2.75, 3.05) is 7.11 Å². The Labute approximate surface area is 99.8 Å². The summed E-state index contributed by atoms with van der Waals surface area (Å²) in [5.74, 6) is -0.416. The molecule has 88 valence electrons. The van der Waals surface area contributed by atoms with Crippen LogP contribution in [-0.4, -0.2) is 22.9 Å². The molecular formula is C13H14N2O2. The van der Waals surface area contributed by atoms with Crippen LogP contribution in [0.25, 0.3) is 11.1 Å². The minimum Gasteiger partial charge on any atom is -0.464 e. The molecule has 4 nitrogen and oxygen atoms in total. The topological polar surface area (TPSA) is 44.1 Å². The molecule has 0 bridgehead atoms. The van der Waals surface area contributed by atoms with Crippen molar-refractivity contribution in [1.29, 1.82) is 0 Å². The lowest BCUT2D eigenvalue weighted by atomic mass is 10.1. The summed E-state index contributed by atoms with van der Waals surface area (Å²) >= 11 is 0. The largest absolute Gasteiger partial charge is 0.464 e. The summed E-state index contributed by atoms with van der Waals surface area (Å²) < 4.78 is 6.33. The lowest BCUT2D eigenvalue weighted by molar-refractivity contribution is 0.0594. The van der Waals surface area contributed by atoms with Gasteiger partial charge < -0.3 is 4.74 Å². The van der Waals surface area contributed by atoms with Crippen molar-refractivity contribution in [1.82, 2.24) is 9.78 Å². The van der Waals surface area contributed by atoms with Gasteiger partial charge in [-0.05, 0) is 12.5 Å². The summed E-state index contributed by atoms with van der Waals surface area (Å²) in [5, 5.41) is 4.12. The van der Waals surface area contributed by atoms with Gasteiger partial charge in [-0.1, -0.05) is 29.8 Å². The molecule has 1 heterocycles. The molecule has 0 aliphatic rings. The van der Waals surface area contributed by atoms with Crippen LogP contribution in [0.5, 0.6) is 0 Å². The number of rotatable bonds is 2. The highest BCUT2D eigenvalue weighted by molar-refractivity contribution is 5.95. The van der Waals surface area contributed by atoms with Crippen molar-refractivity contribution in [3.63, 3.8) is 0 Å². The monoisotopic (exact) mass is 230 g/mol. The average Bonchev–Trinajstić information content (AvgIpc) is 2.71. The van der Waals surface area contributed by atoms with Gasteiger partial charge in [0.15, 0.2) is 5.69 Å². The highest BCUT2D eigenvalue weighted by atomic mass is 16.5. The van der Waals surface area contributed by atoms with Gasteiger partial charge in [0.25, 0.3) is 0 Å². The second-order valence-corrected chi connectivity index (χ2v) is 3.92. The van der Waals surface area contributed by atoms with Gasteiger partial charge in [0.1, 0.15) is 0 Å². The summed E-state index contributed by atoms with van der Waals surface area (Å²) in [6.45, 7) is 2.02. The molecule has 0 aliphatic carbocycles. The summed E-state index contributed by atoms with van der Waals surface area (Å²) in [6, 6.07) is 7.95. The molecule has 1 aromatic carbocycles. The minimum absolute atomic E-state index is 0.346. The van der Waals surface area contributed by atoms with Crippen molar-refractivity contribution in [3.8, 4) is 11.1 Å². The van der Waals surface area contributed by atoms with Gasteiger partial charge in [-0.3, -0.25) is 4.68 Å². The van der Waals surface area contributed by atoms with Crippen LogP contribution in [0.4, 0.5) is 0 Å². The van der Waals surface area contributed by atoms with E-state index in [1.807, 2.05) is 37.4 Å². The number of hydrogen-bond donors (Lipinski definition) is 0. The van der Waals surface area contributed by atoms with E-state index in [2.05, 4.69) is 5.10 Å². The summed E-state index contributed by atoms with van der Waals surface area (Å²) in [6.07, 6.45) is 1.82. The Morgan fingerprint density at radius 1 is 1.29 bits per heavy atom. The predicted octanol–water partition coefficient (Wildman–Crippen LogP) is 2.18. The van der Waals surface area contributed by atoms with Crippen molar-refractivity contribution in [2.24, 2.45) is 7.05 Å². The van der Waals surface area contributed by atoms with E-state index in [1.165, 1.54) is 12.7 Å². The fourth-order valence-corrected chi connectivity index (χ4v) is 1.68. The van der Waals surface area contributed by atoms with Crippen LogP contribution in [0, 0.1) is 6.92 Å². The number of esters is 1. The van der Waals surface area contributed by atoms with Crippen LogP contribution in [0.15, 0.2) is 30.5 Å². The van der Waals surface area contributed by atoms with Crippen molar-refractivity contribution < 1.29 is 9.53 Å². The Balaban J connectivity index is 2.51. The summed E-state index contributed by atoms with van der Waals surface area (Å²) in [5.41, 5.74) is 3.28. The van der Waals surface area contributed by atoms with Crippen LogP contribution in [0.2, 0.25) is 0 Å². The Morgan fingerprint density at radius 2 is 1.94 bits per heavy atom. The molecule has 0 amide bonds. The van der Waals surface area contributed by atoms with Gasteiger partial charge in [-0.15, -0.1) is 0 Å². The molecule has 0 radical (unpaired) electrons. The molecule has 0 atom stereocenters. The lowest BCUT2D eigenvalue weighted by Crippen LogP contribution is -2.04. The average molecular weight is 230 g/mol. The zero-order valence-corrected chi connectivity index (χ0v) is 10.1. The van der Waals surface area contributed by atoms with Crippen LogP contribution < -0.4 is 0 Å². The first-order valence-corrected chi connectivity index (χ1v) is 5.31. The van der Waals surface area contributed by atoms with Gasteiger partial charge in [-0.25, -0.2) is 4.79 Å². The maximum absolute atomic E-state index is 11.6. The molecule has 4 heteroatoms. The third-order valence-electron chi connectivity index (χ3n) is 2.57. The van der Waals surface area contributed by atoms with Crippen LogP contribution >= 0.6 is 0 Å². The molecule has 0 saturated carbocycles. The molecule has 0 fully saturated rings. The first-order valence-electron chi connectivity index (χ1n) is 5.31. The van der Waals surface area contributed by atoms with Gasteiger partial charge >= 0.3 is 5.97 Å². The Hall–Kier alpha value is -2.10. The Morgan fingerprint density at radius 3 is 2.53 bits per heavy atom. The standard InChI is InChI=1S/C13H14N2O2/c1-9-4-6-10(7-5-9)11-8-15(2)14-12(11)13(16)17-3/h4-8H,1-3H3. The van der Waals surface area contributed by atoms with E-state index < -0.39 is 5.97 Å². The SMILES string of the molecule is COC(=O)c1nn(C)cc1-c1ccc(C)cc1. The fraction of sp³-hybridized carbons (Fsp3) is 0.231. The number of aryl methyl sites for hydroxylation is 2. The Kier molecular flexibility index (Phi) is 2.95. The first kappa shape index (κ1) is 11.4. The third kappa shape index (κ3) is 2.20. The van der Waals surface area contributed by atoms with E-state index in [4.69, 9.17) is 4.74 Å². The minimum atomic E-state index is -0.416. The van der Waals surface area contributed by atoms with Crippen molar-refractivity contribution >= 4 is 5.97 Å². The molecule has 0 N–H and O–H groups in total. The molecule has 0 spiro atoms. The highest BCUT2D eigenvalue weighted by Crippen LogP contribution is 2.23. The molecule has 2 aromatic rings. The summed E-state index contributed by atoms with van der Waals surface area (Å²) in [7, 11) is 3.14. The van der Waals surface area contributed by atoms with Gasteiger partial charge in [0, 0.05) is 18.8 Å². The summed E-state index contributed by atoms with van der Waals surface area (Å²) in [4.78, 5) is 11.6. The van der Waals surface area contributed by atoms with Gasteiger partial charge in [0.05, 0.1) is 7.11 Å². The van der Waals surface area contributed by atoms with Gasteiger partial charge in [0.2, 0.25) is 0 Å². The van der Waals surface area contributed by atoms with E-state index >= 15 is 0 Å². The molecule has 0 saturated heterocycles. The van der Waals surface area contributed by atoms with E-state index in [0.29, 0.717) is 5.69 Å². The molecule has 2 rings (SSSR count). The number of nitrogens with zero attached hydrogens (tertiary/aromatic N) is 2. The lowest BCUT2D eigenvalue weighted by Gasteiger charge is -2.01. The van der Waals surface area contributed by atoms with Crippen molar-refractivity contribution in [2.45, 2.75) is 6.92 Å². The maximum atomic E-state index is 11.6.